The number of carbonyl (C=O) groups is 2. The van der Waals surface area contributed by atoms with Crippen LogP contribution < -0.4 is 17.2 Å². The van der Waals surface area contributed by atoms with Crippen molar-refractivity contribution in [2.45, 2.75) is 17.7 Å². The molecule has 0 saturated carbocycles. The van der Waals surface area contributed by atoms with E-state index in [2.05, 4.69) is 0 Å². The van der Waals surface area contributed by atoms with Gasteiger partial charge in [-0.15, -0.1) is 0 Å². The lowest BCUT2D eigenvalue weighted by Gasteiger charge is -2.21. The van der Waals surface area contributed by atoms with Gasteiger partial charge < -0.3 is 17.2 Å². The molecule has 9 heteroatoms. The summed E-state index contributed by atoms with van der Waals surface area (Å²) in [4.78, 5) is 21.6. The van der Waals surface area contributed by atoms with E-state index in [1.54, 1.807) is 6.07 Å². The Morgan fingerprint density at radius 1 is 1.00 bits per heavy atom. The van der Waals surface area contributed by atoms with Crippen LogP contribution in [0.2, 0.25) is 0 Å². The molecule has 0 saturated heterocycles. The summed E-state index contributed by atoms with van der Waals surface area (Å²) < 4.78 is 26.0. The van der Waals surface area contributed by atoms with E-state index >= 15 is 0 Å². The molecular formula is C12H18N4O4S. The van der Waals surface area contributed by atoms with Gasteiger partial charge in [0.2, 0.25) is 21.8 Å². The monoisotopic (exact) mass is 314 g/mol. The molecule has 0 atom stereocenters. The van der Waals surface area contributed by atoms with Crippen molar-refractivity contribution in [1.82, 2.24) is 4.31 Å². The van der Waals surface area contributed by atoms with Gasteiger partial charge in [0.05, 0.1) is 5.69 Å². The third-order valence-electron chi connectivity index (χ3n) is 2.75. The quantitative estimate of drug-likeness (QED) is 0.526. The van der Waals surface area contributed by atoms with E-state index in [9.17, 15) is 18.0 Å². The molecule has 0 unspecified atom stereocenters. The highest BCUT2D eigenvalue weighted by atomic mass is 32.2. The number of carbonyl (C=O) groups excluding carboxylic acids is 2. The van der Waals surface area contributed by atoms with Crippen molar-refractivity contribution in [1.29, 1.82) is 0 Å². The third kappa shape index (κ3) is 4.72. The summed E-state index contributed by atoms with van der Waals surface area (Å²) in [6.45, 7) is -0.279. The number of rotatable bonds is 8. The second kappa shape index (κ2) is 7.04. The number of primary amides is 2. The summed E-state index contributed by atoms with van der Waals surface area (Å²) in [5.74, 6) is -1.29. The maximum Gasteiger partial charge on any atom is 0.245 e. The van der Waals surface area contributed by atoms with Crippen molar-refractivity contribution < 1.29 is 18.0 Å². The summed E-state index contributed by atoms with van der Waals surface area (Å²) in [6, 6.07) is 5.94. The minimum atomic E-state index is -3.93. The molecule has 21 heavy (non-hydrogen) atoms. The van der Waals surface area contributed by atoms with E-state index < -0.39 is 21.8 Å². The Morgan fingerprint density at radius 3 is 1.90 bits per heavy atom. The summed E-state index contributed by atoms with van der Waals surface area (Å²) in [7, 11) is -3.93. The fourth-order valence-corrected chi connectivity index (χ4v) is 3.23. The van der Waals surface area contributed by atoms with Crippen molar-refractivity contribution in [3.8, 4) is 0 Å². The zero-order chi connectivity index (χ0) is 16.0. The van der Waals surface area contributed by atoms with Gasteiger partial charge in [0.25, 0.3) is 0 Å². The molecule has 0 radical (unpaired) electrons. The van der Waals surface area contributed by atoms with Crippen LogP contribution in [0.3, 0.4) is 0 Å². The first kappa shape index (κ1) is 16.9. The van der Waals surface area contributed by atoms with Gasteiger partial charge in [-0.3, -0.25) is 9.59 Å². The number of amides is 2. The Hall–Kier alpha value is -2.13. The lowest BCUT2D eigenvalue weighted by atomic mass is 10.3. The van der Waals surface area contributed by atoms with Gasteiger partial charge in [-0.2, -0.15) is 4.31 Å². The normalized spacial score (nSPS) is 11.5. The van der Waals surface area contributed by atoms with Gasteiger partial charge in [0, 0.05) is 25.9 Å². The Morgan fingerprint density at radius 2 is 1.48 bits per heavy atom. The van der Waals surface area contributed by atoms with Gasteiger partial charge >= 0.3 is 0 Å². The van der Waals surface area contributed by atoms with Crippen LogP contribution in [0.15, 0.2) is 29.2 Å². The van der Waals surface area contributed by atoms with Crippen molar-refractivity contribution in [2.75, 3.05) is 18.8 Å². The highest BCUT2D eigenvalue weighted by molar-refractivity contribution is 7.89. The topological polar surface area (TPSA) is 150 Å². The van der Waals surface area contributed by atoms with Crippen LogP contribution in [0.1, 0.15) is 12.8 Å². The number of nitrogens with two attached hydrogens (primary N) is 3. The lowest BCUT2D eigenvalue weighted by Crippen LogP contribution is -2.36. The minimum Gasteiger partial charge on any atom is -0.398 e. The second-order valence-electron chi connectivity index (χ2n) is 4.37. The molecule has 0 spiro atoms. The minimum absolute atomic E-state index is 0.0839. The van der Waals surface area contributed by atoms with Gasteiger partial charge in [-0.25, -0.2) is 8.42 Å². The number of hydrogen-bond acceptors (Lipinski definition) is 5. The lowest BCUT2D eigenvalue weighted by molar-refractivity contribution is -0.118. The van der Waals surface area contributed by atoms with Gasteiger partial charge in [-0.1, -0.05) is 12.1 Å². The smallest absolute Gasteiger partial charge is 0.245 e. The number of anilines is 1. The molecule has 8 nitrogen and oxygen atoms in total. The predicted molar refractivity (Wildman–Crippen MR) is 77.2 cm³/mol. The van der Waals surface area contributed by atoms with Gasteiger partial charge in [0.15, 0.2) is 0 Å². The van der Waals surface area contributed by atoms with E-state index in [0.717, 1.165) is 4.31 Å². The fourth-order valence-electron chi connectivity index (χ4n) is 1.68. The third-order valence-corrected chi connectivity index (χ3v) is 4.72. The molecule has 0 aliphatic heterocycles. The Labute approximate surface area is 122 Å². The van der Waals surface area contributed by atoms with Crippen molar-refractivity contribution in [2.24, 2.45) is 11.5 Å². The van der Waals surface area contributed by atoms with E-state index in [-0.39, 0.29) is 36.5 Å². The van der Waals surface area contributed by atoms with Crippen LogP contribution >= 0.6 is 0 Å². The van der Waals surface area contributed by atoms with Crippen molar-refractivity contribution in [3.63, 3.8) is 0 Å². The molecule has 0 aromatic heterocycles. The van der Waals surface area contributed by atoms with Gasteiger partial charge in [0.1, 0.15) is 4.90 Å². The maximum absolute atomic E-state index is 12.5. The average Bonchev–Trinajstić information content (AvgIpc) is 2.37. The van der Waals surface area contributed by atoms with E-state index in [1.807, 2.05) is 0 Å². The number of nitrogens with zero attached hydrogens (tertiary/aromatic N) is 1. The molecule has 0 fully saturated rings. The summed E-state index contributed by atoms with van der Waals surface area (Å²) in [6.07, 6.45) is -0.324. The Kier molecular flexibility index (Phi) is 5.68. The van der Waals surface area contributed by atoms with Crippen LogP contribution in [0.25, 0.3) is 0 Å². The van der Waals surface area contributed by atoms with E-state index in [1.165, 1.54) is 18.2 Å². The molecule has 0 heterocycles. The first-order valence-corrected chi connectivity index (χ1v) is 7.60. The SMILES string of the molecule is NC(=O)CCN(CCC(N)=O)S(=O)(=O)c1ccccc1N. The maximum atomic E-state index is 12.5. The zero-order valence-corrected chi connectivity index (χ0v) is 12.2. The predicted octanol–water partition coefficient (Wildman–Crippen LogP) is -0.990. The molecular weight excluding hydrogens is 296 g/mol. The number of hydrogen-bond donors (Lipinski definition) is 3. The zero-order valence-electron chi connectivity index (χ0n) is 11.4. The standard InChI is InChI=1S/C12H18N4O4S/c13-9-3-1-2-4-10(9)21(19,20)16(7-5-11(14)17)8-6-12(15)18/h1-4H,5-8,13H2,(H2,14,17)(H2,15,18). The molecule has 2 amide bonds. The van der Waals surface area contributed by atoms with Crippen LogP contribution in [0.5, 0.6) is 0 Å². The number of sulfonamides is 1. The molecule has 1 rings (SSSR count). The van der Waals surface area contributed by atoms with Crippen LogP contribution in [0.4, 0.5) is 5.69 Å². The molecule has 1 aromatic carbocycles. The second-order valence-corrected chi connectivity index (χ2v) is 6.28. The molecule has 6 N–H and O–H groups in total. The summed E-state index contributed by atoms with van der Waals surface area (Å²) in [5.41, 5.74) is 15.8. The largest absolute Gasteiger partial charge is 0.398 e. The highest BCUT2D eigenvalue weighted by Crippen LogP contribution is 2.22. The van der Waals surface area contributed by atoms with Crippen LogP contribution in [-0.4, -0.2) is 37.6 Å². The molecule has 0 aliphatic carbocycles. The van der Waals surface area contributed by atoms with Gasteiger partial charge in [-0.05, 0) is 12.1 Å². The van der Waals surface area contributed by atoms with Crippen LogP contribution in [0, 0.1) is 0 Å². The van der Waals surface area contributed by atoms with E-state index in [4.69, 9.17) is 17.2 Å². The first-order valence-electron chi connectivity index (χ1n) is 6.16. The molecule has 116 valence electrons. The molecule has 1 aromatic rings. The van der Waals surface area contributed by atoms with E-state index in [0.29, 0.717) is 0 Å². The fraction of sp³-hybridized carbons (Fsp3) is 0.333. The number of benzene rings is 1. The van der Waals surface area contributed by atoms with Crippen molar-refractivity contribution in [3.05, 3.63) is 24.3 Å². The number of para-hydroxylation sites is 1. The first-order chi connectivity index (χ1) is 9.75. The molecule has 0 bridgehead atoms. The summed E-state index contributed by atoms with van der Waals surface area (Å²) in [5, 5.41) is 0. The summed E-state index contributed by atoms with van der Waals surface area (Å²) >= 11 is 0. The highest BCUT2D eigenvalue weighted by Gasteiger charge is 2.26. The Balaban J connectivity index is 3.07. The van der Waals surface area contributed by atoms with Crippen molar-refractivity contribution >= 4 is 27.5 Å². The molecule has 0 aliphatic rings. The average molecular weight is 314 g/mol. The number of nitrogen functional groups attached to an aromatic ring is 1. The van der Waals surface area contributed by atoms with Crippen LogP contribution in [-0.2, 0) is 19.6 Å². The Bertz CT molecular complexity index is 612.